The number of halogens is 1. The number of nitrogens with zero attached hydrogens (tertiary/aromatic N) is 3. The Morgan fingerprint density at radius 1 is 1.29 bits per heavy atom. The van der Waals surface area contributed by atoms with Crippen molar-refractivity contribution >= 4 is 40.5 Å². The van der Waals surface area contributed by atoms with Crippen LogP contribution in [0.1, 0.15) is 54.3 Å². The summed E-state index contributed by atoms with van der Waals surface area (Å²) in [7, 11) is 0. The van der Waals surface area contributed by atoms with Crippen LogP contribution in [0.4, 0.5) is 0 Å². The molecule has 2 aromatic rings. The Morgan fingerprint density at radius 3 is 2.86 bits per heavy atom. The van der Waals surface area contributed by atoms with Gasteiger partial charge >= 0.3 is 0 Å². The zero-order valence-corrected chi connectivity index (χ0v) is 21.2. The zero-order valence-electron chi connectivity index (χ0n) is 19.6. The van der Waals surface area contributed by atoms with Gasteiger partial charge in [-0.3, -0.25) is 14.4 Å². The number of amides is 2. The van der Waals surface area contributed by atoms with Crippen molar-refractivity contribution in [3.63, 3.8) is 0 Å². The van der Waals surface area contributed by atoms with Gasteiger partial charge in [-0.1, -0.05) is 26.2 Å². The first-order valence-corrected chi connectivity index (χ1v) is 13.5. The lowest BCUT2D eigenvalue weighted by atomic mass is 9.83. The molecule has 4 unspecified atom stereocenters. The van der Waals surface area contributed by atoms with Gasteiger partial charge in [-0.05, 0) is 48.9 Å². The minimum atomic E-state index is -0.701. The summed E-state index contributed by atoms with van der Waals surface area (Å²) in [4.78, 5) is 42.5. The van der Waals surface area contributed by atoms with E-state index in [1.54, 1.807) is 17.2 Å². The second-order valence-corrected chi connectivity index (χ2v) is 11.2. The van der Waals surface area contributed by atoms with E-state index < -0.39 is 23.6 Å². The van der Waals surface area contributed by atoms with Crippen LogP contribution in [0, 0.1) is 5.92 Å². The Kier molecular flexibility index (Phi) is 7.18. The van der Waals surface area contributed by atoms with Crippen LogP contribution in [0.3, 0.4) is 0 Å². The van der Waals surface area contributed by atoms with Crippen molar-refractivity contribution in [2.45, 2.75) is 69.0 Å². The van der Waals surface area contributed by atoms with E-state index in [2.05, 4.69) is 22.4 Å². The molecule has 10 heteroatoms. The topological polar surface area (TPSA) is 101 Å². The average molecular weight is 517 g/mol. The highest BCUT2D eigenvalue weighted by molar-refractivity contribution is 7.17. The number of ketones is 1. The molecule has 2 aliphatic heterocycles. The van der Waals surface area contributed by atoms with Gasteiger partial charge in [0.15, 0.2) is 5.78 Å². The fourth-order valence-corrected chi connectivity index (χ4v) is 6.61. The van der Waals surface area contributed by atoms with Gasteiger partial charge < -0.3 is 15.0 Å². The Bertz CT molecular complexity index is 1120. The molecule has 8 nitrogen and oxygen atoms in total. The number of likely N-dealkylation sites (tertiary alicyclic amines) is 1. The van der Waals surface area contributed by atoms with Gasteiger partial charge in [0, 0.05) is 6.54 Å². The number of thiophene rings is 1. The van der Waals surface area contributed by atoms with Crippen LogP contribution < -0.4 is 5.32 Å². The summed E-state index contributed by atoms with van der Waals surface area (Å²) >= 11 is 7.75. The molecule has 1 saturated carbocycles. The van der Waals surface area contributed by atoms with Crippen molar-refractivity contribution < 1.29 is 19.1 Å². The third-order valence-corrected chi connectivity index (χ3v) is 8.77. The highest BCUT2D eigenvalue weighted by atomic mass is 35.5. The van der Waals surface area contributed by atoms with Gasteiger partial charge in [-0.2, -0.15) is 5.10 Å². The van der Waals surface area contributed by atoms with Crippen molar-refractivity contribution in [1.29, 1.82) is 0 Å². The molecule has 1 N–H and O–H groups in total. The maximum Gasteiger partial charge on any atom is 0.262 e. The summed E-state index contributed by atoms with van der Waals surface area (Å²) in [5.41, 5.74) is 1.80. The summed E-state index contributed by atoms with van der Waals surface area (Å²) in [6.07, 6.45) is 7.00. The lowest BCUT2D eigenvalue weighted by molar-refractivity contribution is -0.139. The first-order chi connectivity index (χ1) is 17.0. The minimum absolute atomic E-state index is 0.0249. The zero-order chi connectivity index (χ0) is 24.5. The fourth-order valence-electron chi connectivity index (χ4n) is 5.38. The Hall–Kier alpha value is -2.36. The van der Waals surface area contributed by atoms with E-state index >= 15 is 0 Å². The molecular formula is C25H29ClN4O4S. The van der Waals surface area contributed by atoms with Crippen LogP contribution >= 0.6 is 22.9 Å². The summed E-state index contributed by atoms with van der Waals surface area (Å²) in [5.74, 6) is -0.631. The number of nitrogens with one attached hydrogen (secondary N) is 1. The number of aromatic nitrogens is 2. The molecular weight excluding hydrogens is 488 g/mol. The molecule has 2 amide bonds. The standard InChI is InChI=1S/C25H29ClN4O4S/c1-2-14-10-17(29-27-11-14)19-8-9-20(35-19)24(32)28-21(15-6-4-3-5-7-15)25(33)30-12-16(26)23-22(30)18(31)13-34-23/h8-11,15-16,21-23H,2-7,12-13H2,1H3,(H,28,32). The molecule has 0 aromatic carbocycles. The lowest BCUT2D eigenvalue weighted by Crippen LogP contribution is -2.55. The third kappa shape index (κ3) is 4.86. The van der Waals surface area contributed by atoms with E-state index in [0.717, 1.165) is 54.7 Å². The predicted octanol–water partition coefficient (Wildman–Crippen LogP) is 3.23. The normalized spacial score (nSPS) is 25.5. The molecule has 186 valence electrons. The summed E-state index contributed by atoms with van der Waals surface area (Å²) < 4.78 is 5.55. The van der Waals surface area contributed by atoms with Crippen molar-refractivity contribution in [3.8, 4) is 10.6 Å². The monoisotopic (exact) mass is 516 g/mol. The fraction of sp³-hybridized carbons (Fsp3) is 0.560. The van der Waals surface area contributed by atoms with Crippen molar-refractivity contribution in [2.75, 3.05) is 13.2 Å². The van der Waals surface area contributed by atoms with Crippen LogP contribution in [0.5, 0.6) is 0 Å². The smallest absolute Gasteiger partial charge is 0.262 e. The summed E-state index contributed by atoms with van der Waals surface area (Å²) in [6, 6.07) is 4.23. The molecule has 4 atom stereocenters. The van der Waals surface area contributed by atoms with Crippen LogP contribution in [0.2, 0.25) is 0 Å². The number of rotatable bonds is 6. The van der Waals surface area contributed by atoms with Gasteiger partial charge in [-0.15, -0.1) is 28.0 Å². The van der Waals surface area contributed by atoms with Crippen molar-refractivity contribution in [1.82, 2.24) is 20.4 Å². The number of Topliss-reactive ketones (excluding diaryl/α,β-unsaturated/α-hetero) is 1. The predicted molar refractivity (Wildman–Crippen MR) is 132 cm³/mol. The number of carbonyl (C=O) groups excluding carboxylic acids is 3. The van der Waals surface area contributed by atoms with Gasteiger partial charge in [0.2, 0.25) is 5.91 Å². The van der Waals surface area contributed by atoms with E-state index in [1.165, 1.54) is 11.3 Å². The molecule has 35 heavy (non-hydrogen) atoms. The SMILES string of the molecule is CCc1cnnc(-c2ccc(C(=O)NC(C(=O)N3CC(Cl)C4OCC(=O)C43)C3CCCCC3)s2)c1. The Labute approximate surface area is 213 Å². The number of alkyl halides is 1. The highest BCUT2D eigenvalue weighted by Gasteiger charge is 2.53. The summed E-state index contributed by atoms with van der Waals surface area (Å²) in [6.45, 7) is 2.27. The molecule has 0 bridgehead atoms. The van der Waals surface area contributed by atoms with Crippen molar-refractivity contribution in [2.24, 2.45) is 5.92 Å². The van der Waals surface area contributed by atoms with E-state index in [1.807, 2.05) is 12.1 Å². The third-order valence-electron chi connectivity index (χ3n) is 7.28. The van der Waals surface area contributed by atoms with Gasteiger partial charge in [0.1, 0.15) is 30.5 Å². The minimum Gasteiger partial charge on any atom is -0.366 e. The molecule has 4 heterocycles. The van der Waals surface area contributed by atoms with Crippen molar-refractivity contribution in [3.05, 3.63) is 34.8 Å². The second-order valence-electron chi connectivity index (χ2n) is 9.51. The largest absolute Gasteiger partial charge is 0.366 e. The Balaban J connectivity index is 1.36. The molecule has 0 radical (unpaired) electrons. The molecule has 2 saturated heterocycles. The summed E-state index contributed by atoms with van der Waals surface area (Å²) in [5, 5.41) is 10.9. The van der Waals surface area contributed by atoms with Crippen LogP contribution in [-0.2, 0) is 20.7 Å². The van der Waals surface area contributed by atoms with Crippen LogP contribution in [0.25, 0.3) is 10.6 Å². The Morgan fingerprint density at radius 2 is 2.09 bits per heavy atom. The molecule has 3 fully saturated rings. The molecule has 2 aromatic heterocycles. The molecule has 5 rings (SSSR count). The quantitative estimate of drug-likeness (QED) is 0.591. The number of carbonyl (C=O) groups is 3. The average Bonchev–Trinajstić information content (AvgIpc) is 3.61. The first-order valence-electron chi connectivity index (χ1n) is 12.3. The first kappa shape index (κ1) is 24.3. The van der Waals surface area contributed by atoms with Gasteiger partial charge in [-0.25, -0.2) is 0 Å². The molecule has 0 spiro atoms. The molecule has 1 aliphatic carbocycles. The number of ether oxygens (including phenoxy) is 1. The van der Waals surface area contributed by atoms with Crippen LogP contribution in [-0.4, -0.2) is 69.4 Å². The van der Waals surface area contributed by atoms with E-state index in [4.69, 9.17) is 16.3 Å². The van der Waals surface area contributed by atoms with Crippen LogP contribution in [0.15, 0.2) is 24.4 Å². The number of fused-ring (bicyclic) bond motifs is 1. The number of hydrogen-bond donors (Lipinski definition) is 1. The highest BCUT2D eigenvalue weighted by Crippen LogP contribution is 2.34. The maximum absolute atomic E-state index is 13.8. The second kappa shape index (κ2) is 10.3. The lowest BCUT2D eigenvalue weighted by Gasteiger charge is -2.34. The van der Waals surface area contributed by atoms with Gasteiger partial charge in [0.05, 0.1) is 21.3 Å². The van der Waals surface area contributed by atoms with E-state index in [9.17, 15) is 14.4 Å². The number of aryl methyl sites for hydroxylation is 1. The van der Waals surface area contributed by atoms with E-state index in [0.29, 0.717) is 4.88 Å². The van der Waals surface area contributed by atoms with E-state index in [-0.39, 0.29) is 36.7 Å². The van der Waals surface area contributed by atoms with Gasteiger partial charge in [0.25, 0.3) is 5.91 Å². The molecule has 3 aliphatic rings. The number of hydrogen-bond acceptors (Lipinski definition) is 7. The maximum atomic E-state index is 13.8.